The van der Waals surface area contributed by atoms with Crippen LogP contribution in [0.1, 0.15) is 24.9 Å². The van der Waals surface area contributed by atoms with E-state index >= 15 is 0 Å². The fourth-order valence-electron chi connectivity index (χ4n) is 4.04. The number of hydrogen-bond acceptors (Lipinski definition) is 5. The Labute approximate surface area is 180 Å². The van der Waals surface area contributed by atoms with Crippen LogP contribution in [0.25, 0.3) is 0 Å². The smallest absolute Gasteiger partial charge is 0.378 e. The standard InChI is InChI=1S/C20H22BrF3N4O2/c1-13(14-2-4-15(21)5-3-14)28-16(20(22,23)24)6-7-27-18(29)12-17(25-19(27)28)26-8-10-30-11-9-26/h2-5,12-13,16H,6-11H2,1H3. The predicted molar refractivity (Wildman–Crippen MR) is 111 cm³/mol. The Morgan fingerprint density at radius 2 is 1.83 bits per heavy atom. The van der Waals surface area contributed by atoms with Crippen molar-refractivity contribution in [1.29, 1.82) is 0 Å². The van der Waals surface area contributed by atoms with Crippen molar-refractivity contribution in [3.8, 4) is 0 Å². The lowest BCUT2D eigenvalue weighted by Gasteiger charge is -2.43. The Kier molecular flexibility index (Phi) is 5.80. The van der Waals surface area contributed by atoms with Crippen molar-refractivity contribution in [3.63, 3.8) is 0 Å². The zero-order valence-corrected chi connectivity index (χ0v) is 18.0. The predicted octanol–water partition coefficient (Wildman–Crippen LogP) is 3.74. The largest absolute Gasteiger partial charge is 0.408 e. The molecule has 0 radical (unpaired) electrons. The van der Waals surface area contributed by atoms with Gasteiger partial charge in [-0.05, 0) is 31.0 Å². The third-order valence-electron chi connectivity index (χ3n) is 5.65. The molecule has 2 aliphatic heterocycles. The molecule has 0 N–H and O–H groups in total. The summed E-state index contributed by atoms with van der Waals surface area (Å²) in [5, 5.41) is 0. The first-order chi connectivity index (χ1) is 14.3. The fourth-order valence-corrected chi connectivity index (χ4v) is 4.30. The summed E-state index contributed by atoms with van der Waals surface area (Å²) < 4.78 is 49.5. The van der Waals surface area contributed by atoms with Gasteiger partial charge in [0.15, 0.2) is 0 Å². The van der Waals surface area contributed by atoms with Gasteiger partial charge in [-0.25, -0.2) is 0 Å². The molecule has 3 heterocycles. The van der Waals surface area contributed by atoms with Crippen LogP contribution in [0.4, 0.5) is 24.9 Å². The first-order valence-corrected chi connectivity index (χ1v) is 10.6. The van der Waals surface area contributed by atoms with E-state index in [0.29, 0.717) is 37.7 Å². The van der Waals surface area contributed by atoms with Crippen LogP contribution < -0.4 is 15.4 Å². The quantitative estimate of drug-likeness (QED) is 0.661. The maximum atomic E-state index is 14.0. The summed E-state index contributed by atoms with van der Waals surface area (Å²) in [4.78, 5) is 20.5. The molecular weight excluding hydrogens is 465 g/mol. The van der Waals surface area contributed by atoms with Crippen LogP contribution in [-0.4, -0.2) is 48.1 Å². The normalized spacial score (nSPS) is 20.8. The second-order valence-corrected chi connectivity index (χ2v) is 8.40. The number of anilines is 2. The molecular formula is C20H22BrF3N4O2. The zero-order chi connectivity index (χ0) is 21.5. The van der Waals surface area contributed by atoms with Crippen molar-refractivity contribution < 1.29 is 17.9 Å². The SMILES string of the molecule is CC(c1ccc(Br)cc1)N1c2nc(N3CCOCC3)cc(=O)n2CCC1C(F)(F)F. The van der Waals surface area contributed by atoms with E-state index in [2.05, 4.69) is 20.9 Å². The molecule has 1 fully saturated rings. The van der Waals surface area contributed by atoms with Crippen molar-refractivity contribution in [2.24, 2.45) is 0 Å². The third kappa shape index (κ3) is 4.07. The topological polar surface area (TPSA) is 50.6 Å². The number of benzene rings is 1. The lowest BCUT2D eigenvalue weighted by molar-refractivity contribution is -0.154. The van der Waals surface area contributed by atoms with E-state index in [4.69, 9.17) is 4.74 Å². The van der Waals surface area contributed by atoms with Gasteiger partial charge in [-0.1, -0.05) is 28.1 Å². The molecule has 162 valence electrons. The molecule has 2 aliphatic rings. The minimum atomic E-state index is -4.44. The number of nitrogens with zero attached hydrogens (tertiary/aromatic N) is 4. The van der Waals surface area contributed by atoms with E-state index < -0.39 is 18.3 Å². The van der Waals surface area contributed by atoms with Crippen molar-refractivity contribution in [3.05, 3.63) is 50.7 Å². The lowest BCUT2D eigenvalue weighted by atomic mass is 10.0. The number of fused-ring (bicyclic) bond motifs is 1. The molecule has 1 aromatic heterocycles. The summed E-state index contributed by atoms with van der Waals surface area (Å²) in [6.45, 7) is 3.76. The Bertz CT molecular complexity index is 958. The lowest BCUT2D eigenvalue weighted by Crippen LogP contribution is -2.53. The highest BCUT2D eigenvalue weighted by Gasteiger charge is 2.48. The van der Waals surface area contributed by atoms with Gasteiger partial charge in [0, 0.05) is 30.2 Å². The molecule has 1 aromatic carbocycles. The van der Waals surface area contributed by atoms with Gasteiger partial charge in [0.1, 0.15) is 11.9 Å². The molecule has 30 heavy (non-hydrogen) atoms. The average molecular weight is 487 g/mol. The van der Waals surface area contributed by atoms with Gasteiger partial charge < -0.3 is 14.5 Å². The van der Waals surface area contributed by atoms with Crippen molar-refractivity contribution in [1.82, 2.24) is 9.55 Å². The van der Waals surface area contributed by atoms with Crippen molar-refractivity contribution >= 4 is 27.7 Å². The van der Waals surface area contributed by atoms with Gasteiger partial charge in [-0.15, -0.1) is 0 Å². The molecule has 4 rings (SSSR count). The van der Waals surface area contributed by atoms with Gasteiger partial charge >= 0.3 is 6.18 Å². The fraction of sp³-hybridized carbons (Fsp3) is 0.500. The monoisotopic (exact) mass is 486 g/mol. The number of aromatic nitrogens is 2. The third-order valence-corrected chi connectivity index (χ3v) is 6.18. The number of morpholine rings is 1. The van der Waals surface area contributed by atoms with Crippen molar-refractivity contribution in [2.75, 3.05) is 36.1 Å². The van der Waals surface area contributed by atoms with Gasteiger partial charge in [0.25, 0.3) is 5.56 Å². The van der Waals surface area contributed by atoms with E-state index in [0.717, 1.165) is 4.47 Å². The molecule has 0 saturated carbocycles. The molecule has 6 nitrogen and oxygen atoms in total. The molecule has 10 heteroatoms. The molecule has 0 amide bonds. The van der Waals surface area contributed by atoms with E-state index in [-0.39, 0.29) is 24.5 Å². The maximum absolute atomic E-state index is 14.0. The Hall–Kier alpha value is -2.07. The van der Waals surface area contributed by atoms with E-state index in [1.165, 1.54) is 15.5 Å². The first-order valence-electron chi connectivity index (χ1n) is 9.81. The number of ether oxygens (including phenoxy) is 1. The van der Waals surface area contributed by atoms with Crippen LogP contribution in [0.2, 0.25) is 0 Å². The molecule has 2 unspecified atom stereocenters. The number of halogens is 4. The number of rotatable bonds is 3. The summed E-state index contributed by atoms with van der Waals surface area (Å²) >= 11 is 3.36. The van der Waals surface area contributed by atoms with Gasteiger partial charge in [0.2, 0.25) is 5.95 Å². The van der Waals surface area contributed by atoms with Crippen molar-refractivity contribution in [2.45, 2.75) is 38.1 Å². The van der Waals surface area contributed by atoms with Gasteiger partial charge in [-0.2, -0.15) is 18.2 Å². The molecule has 2 aromatic rings. The highest BCUT2D eigenvalue weighted by atomic mass is 79.9. The van der Waals surface area contributed by atoms with Crippen LogP contribution in [0.15, 0.2) is 39.6 Å². The Morgan fingerprint density at radius 3 is 2.47 bits per heavy atom. The van der Waals surface area contributed by atoms with Gasteiger partial charge in [0.05, 0.1) is 19.3 Å². The Morgan fingerprint density at radius 1 is 1.17 bits per heavy atom. The molecule has 1 saturated heterocycles. The minimum Gasteiger partial charge on any atom is -0.378 e. The minimum absolute atomic E-state index is 0.0156. The number of hydrogen-bond donors (Lipinski definition) is 0. The molecule has 0 aliphatic carbocycles. The Balaban J connectivity index is 1.81. The summed E-state index contributed by atoms with van der Waals surface area (Å²) in [5.74, 6) is 0.457. The maximum Gasteiger partial charge on any atom is 0.408 e. The van der Waals surface area contributed by atoms with Crippen LogP contribution in [0.3, 0.4) is 0 Å². The summed E-state index contributed by atoms with van der Waals surface area (Å²) in [6, 6.07) is 6.22. The molecule has 0 bridgehead atoms. The number of alkyl halides is 3. The highest BCUT2D eigenvalue weighted by Crippen LogP contribution is 2.39. The van der Waals surface area contributed by atoms with E-state index in [9.17, 15) is 18.0 Å². The second kappa shape index (κ2) is 8.22. The summed E-state index contributed by atoms with van der Waals surface area (Å²) in [7, 11) is 0. The molecule has 0 spiro atoms. The summed E-state index contributed by atoms with van der Waals surface area (Å²) in [6.07, 6.45) is -4.64. The highest BCUT2D eigenvalue weighted by molar-refractivity contribution is 9.10. The van der Waals surface area contributed by atoms with Crippen LogP contribution >= 0.6 is 15.9 Å². The van der Waals surface area contributed by atoms with Crippen LogP contribution in [-0.2, 0) is 11.3 Å². The molecule has 2 atom stereocenters. The second-order valence-electron chi connectivity index (χ2n) is 7.48. The average Bonchev–Trinajstić information content (AvgIpc) is 2.73. The van der Waals surface area contributed by atoms with Gasteiger partial charge in [-0.3, -0.25) is 9.36 Å². The van der Waals surface area contributed by atoms with E-state index in [1.807, 2.05) is 4.90 Å². The van der Waals surface area contributed by atoms with Crippen LogP contribution in [0.5, 0.6) is 0 Å². The van der Waals surface area contributed by atoms with E-state index in [1.54, 1.807) is 31.2 Å². The van der Waals surface area contributed by atoms with Crippen LogP contribution in [0, 0.1) is 0 Å². The first kappa shape index (κ1) is 21.2. The zero-order valence-electron chi connectivity index (χ0n) is 16.4. The summed E-state index contributed by atoms with van der Waals surface area (Å²) in [5.41, 5.74) is 0.377.